The van der Waals surface area contributed by atoms with E-state index in [1.54, 1.807) is 12.0 Å². The van der Waals surface area contributed by atoms with Crippen LogP contribution in [0, 0.1) is 0 Å². The van der Waals surface area contributed by atoms with Gasteiger partial charge in [0, 0.05) is 25.4 Å². The number of amides is 1. The third-order valence-electron chi connectivity index (χ3n) is 2.93. The van der Waals surface area contributed by atoms with Crippen molar-refractivity contribution in [3.8, 4) is 0 Å². The molecule has 1 rings (SSSR count). The van der Waals surface area contributed by atoms with Gasteiger partial charge < -0.3 is 20.1 Å². The van der Waals surface area contributed by atoms with Crippen LogP contribution in [0.5, 0.6) is 0 Å². The van der Waals surface area contributed by atoms with E-state index in [0.717, 1.165) is 11.3 Å². The van der Waals surface area contributed by atoms with Crippen molar-refractivity contribution in [2.45, 2.75) is 26.4 Å². The number of methoxy groups -OCH3 is 1. The van der Waals surface area contributed by atoms with Gasteiger partial charge in [0.25, 0.3) is 0 Å². The summed E-state index contributed by atoms with van der Waals surface area (Å²) in [6, 6.07) is 7.67. The highest BCUT2D eigenvalue weighted by Crippen LogP contribution is 2.11. The molecule has 0 radical (unpaired) electrons. The van der Waals surface area contributed by atoms with Crippen molar-refractivity contribution in [3.05, 3.63) is 29.8 Å². The summed E-state index contributed by atoms with van der Waals surface area (Å²) in [5.74, 6) is -0.0204. The van der Waals surface area contributed by atoms with E-state index in [1.165, 1.54) is 0 Å². The van der Waals surface area contributed by atoms with Crippen LogP contribution >= 0.6 is 0 Å². The van der Waals surface area contributed by atoms with Crippen LogP contribution < -0.4 is 5.73 Å². The van der Waals surface area contributed by atoms with Gasteiger partial charge in [-0.1, -0.05) is 12.1 Å². The molecule has 0 spiro atoms. The Morgan fingerprint density at radius 2 is 1.90 bits per heavy atom. The zero-order valence-electron chi connectivity index (χ0n) is 12.5. The van der Waals surface area contributed by atoms with Gasteiger partial charge in [-0.25, -0.2) is 0 Å². The Kier molecular flexibility index (Phi) is 7.04. The van der Waals surface area contributed by atoms with Gasteiger partial charge in [-0.05, 0) is 31.5 Å². The second-order valence-electron chi connectivity index (χ2n) is 4.90. The summed E-state index contributed by atoms with van der Waals surface area (Å²) in [6.07, 6.45) is 0. The van der Waals surface area contributed by atoms with Crippen LogP contribution in [-0.4, -0.2) is 43.8 Å². The van der Waals surface area contributed by atoms with Gasteiger partial charge in [0.05, 0.1) is 13.2 Å². The fourth-order valence-corrected chi connectivity index (χ4v) is 1.76. The molecule has 0 saturated carbocycles. The number of nitrogen functional groups attached to an aromatic ring is 1. The molecule has 0 bridgehead atoms. The van der Waals surface area contributed by atoms with Crippen molar-refractivity contribution in [1.82, 2.24) is 4.90 Å². The van der Waals surface area contributed by atoms with Crippen LogP contribution in [0.25, 0.3) is 0 Å². The summed E-state index contributed by atoms with van der Waals surface area (Å²) in [5.41, 5.74) is 7.43. The number of benzene rings is 1. The van der Waals surface area contributed by atoms with Gasteiger partial charge in [-0.15, -0.1) is 0 Å². The van der Waals surface area contributed by atoms with Crippen LogP contribution in [0.3, 0.4) is 0 Å². The minimum absolute atomic E-state index is 0.0204. The molecule has 1 amide bonds. The second kappa shape index (κ2) is 8.55. The van der Waals surface area contributed by atoms with Crippen LogP contribution in [0.2, 0.25) is 0 Å². The lowest BCUT2D eigenvalue weighted by molar-refractivity contribution is -0.139. The number of hydrogen-bond donors (Lipinski definition) is 1. The summed E-state index contributed by atoms with van der Waals surface area (Å²) in [6.45, 7) is 5.54. The van der Waals surface area contributed by atoms with Crippen molar-refractivity contribution in [2.75, 3.05) is 32.7 Å². The van der Waals surface area contributed by atoms with E-state index < -0.39 is 0 Å². The Morgan fingerprint density at radius 1 is 1.25 bits per heavy atom. The number of ether oxygens (including phenoxy) is 2. The smallest absolute Gasteiger partial charge is 0.249 e. The maximum atomic E-state index is 12.2. The number of carbonyl (C=O) groups is 1. The molecule has 0 fully saturated rings. The van der Waals surface area contributed by atoms with E-state index in [0.29, 0.717) is 19.8 Å². The van der Waals surface area contributed by atoms with Crippen LogP contribution in [0.4, 0.5) is 5.69 Å². The summed E-state index contributed by atoms with van der Waals surface area (Å²) in [5, 5.41) is 0. The van der Waals surface area contributed by atoms with E-state index in [9.17, 15) is 4.79 Å². The Bertz CT molecular complexity index is 404. The molecule has 2 N–H and O–H groups in total. The molecular formula is C15H24N2O3. The first kappa shape index (κ1) is 16.5. The monoisotopic (exact) mass is 280 g/mol. The Hall–Kier alpha value is -1.59. The molecule has 0 aliphatic heterocycles. The molecule has 1 aromatic rings. The van der Waals surface area contributed by atoms with Gasteiger partial charge >= 0.3 is 0 Å². The minimum Gasteiger partial charge on any atom is -0.399 e. The first-order valence-electron chi connectivity index (χ1n) is 6.75. The number of anilines is 1. The highest BCUT2D eigenvalue weighted by Gasteiger charge is 2.17. The van der Waals surface area contributed by atoms with Crippen molar-refractivity contribution >= 4 is 11.6 Å². The molecule has 1 aromatic carbocycles. The summed E-state index contributed by atoms with van der Waals surface area (Å²) >= 11 is 0. The lowest BCUT2D eigenvalue weighted by atomic mass is 10.1. The molecule has 0 aromatic heterocycles. The predicted octanol–water partition coefficient (Wildman–Crippen LogP) is 1.67. The molecule has 0 unspecified atom stereocenters. The number of rotatable bonds is 8. The maximum absolute atomic E-state index is 12.2. The van der Waals surface area contributed by atoms with Gasteiger partial charge in [0.15, 0.2) is 0 Å². The summed E-state index contributed by atoms with van der Waals surface area (Å²) < 4.78 is 10.2. The Balaban J connectivity index is 2.55. The maximum Gasteiger partial charge on any atom is 0.249 e. The fourth-order valence-electron chi connectivity index (χ4n) is 1.76. The molecule has 5 heteroatoms. The van der Waals surface area contributed by atoms with Crippen LogP contribution in [0.15, 0.2) is 24.3 Å². The molecule has 0 atom stereocenters. The van der Waals surface area contributed by atoms with E-state index in [1.807, 2.05) is 38.1 Å². The van der Waals surface area contributed by atoms with Crippen molar-refractivity contribution in [3.63, 3.8) is 0 Å². The lowest BCUT2D eigenvalue weighted by Crippen LogP contribution is -2.39. The number of nitrogens with zero attached hydrogens (tertiary/aromatic N) is 1. The van der Waals surface area contributed by atoms with Gasteiger partial charge in [-0.3, -0.25) is 4.79 Å². The molecule has 0 aliphatic carbocycles. The average molecular weight is 280 g/mol. The van der Waals surface area contributed by atoms with Crippen LogP contribution in [0.1, 0.15) is 19.4 Å². The number of carbonyl (C=O) groups excluding carboxylic acids is 1. The zero-order valence-corrected chi connectivity index (χ0v) is 12.5. The normalized spacial score (nSPS) is 10.8. The topological polar surface area (TPSA) is 64.8 Å². The standard InChI is InChI=1S/C15H24N2O3/c1-12(2)17(15(18)11-20-9-8-19-3)10-13-4-6-14(16)7-5-13/h4-7,12H,8-11,16H2,1-3H3. The SMILES string of the molecule is COCCOCC(=O)N(Cc1ccc(N)cc1)C(C)C. The Labute approximate surface area is 120 Å². The number of hydrogen-bond acceptors (Lipinski definition) is 4. The number of nitrogens with two attached hydrogens (primary N) is 1. The van der Waals surface area contributed by atoms with E-state index in [4.69, 9.17) is 15.2 Å². The van der Waals surface area contributed by atoms with Gasteiger partial charge in [0.1, 0.15) is 6.61 Å². The van der Waals surface area contributed by atoms with E-state index in [-0.39, 0.29) is 18.6 Å². The summed E-state index contributed by atoms with van der Waals surface area (Å²) in [7, 11) is 1.60. The molecular weight excluding hydrogens is 256 g/mol. The highest BCUT2D eigenvalue weighted by atomic mass is 16.5. The average Bonchev–Trinajstić information content (AvgIpc) is 2.42. The van der Waals surface area contributed by atoms with E-state index in [2.05, 4.69) is 0 Å². The third kappa shape index (κ3) is 5.59. The molecule has 20 heavy (non-hydrogen) atoms. The molecule has 0 aliphatic rings. The zero-order chi connectivity index (χ0) is 15.0. The predicted molar refractivity (Wildman–Crippen MR) is 79.2 cm³/mol. The largest absolute Gasteiger partial charge is 0.399 e. The van der Waals surface area contributed by atoms with E-state index >= 15 is 0 Å². The molecule has 112 valence electrons. The quantitative estimate of drug-likeness (QED) is 0.581. The lowest BCUT2D eigenvalue weighted by Gasteiger charge is -2.27. The van der Waals surface area contributed by atoms with Crippen LogP contribution in [-0.2, 0) is 20.8 Å². The summed E-state index contributed by atoms with van der Waals surface area (Å²) in [4.78, 5) is 13.9. The fraction of sp³-hybridized carbons (Fsp3) is 0.533. The second-order valence-corrected chi connectivity index (χ2v) is 4.90. The van der Waals surface area contributed by atoms with Gasteiger partial charge in [-0.2, -0.15) is 0 Å². The first-order valence-corrected chi connectivity index (χ1v) is 6.75. The highest BCUT2D eigenvalue weighted by molar-refractivity contribution is 5.77. The third-order valence-corrected chi connectivity index (χ3v) is 2.93. The van der Waals surface area contributed by atoms with Crippen molar-refractivity contribution < 1.29 is 14.3 Å². The van der Waals surface area contributed by atoms with Crippen molar-refractivity contribution in [1.29, 1.82) is 0 Å². The first-order chi connectivity index (χ1) is 9.54. The minimum atomic E-state index is -0.0204. The van der Waals surface area contributed by atoms with Crippen molar-refractivity contribution in [2.24, 2.45) is 0 Å². The molecule has 0 saturated heterocycles. The Morgan fingerprint density at radius 3 is 2.45 bits per heavy atom. The molecule has 5 nitrogen and oxygen atoms in total. The van der Waals surface area contributed by atoms with Gasteiger partial charge in [0.2, 0.25) is 5.91 Å². The molecule has 0 heterocycles.